The lowest BCUT2D eigenvalue weighted by Crippen LogP contribution is -2.55. The number of nitrogens with zero attached hydrogens (tertiary/aromatic N) is 2. The van der Waals surface area contributed by atoms with Crippen LogP contribution in [0.2, 0.25) is 0 Å². The second-order valence-corrected chi connectivity index (χ2v) is 5.28. The second-order valence-electron chi connectivity index (χ2n) is 5.28. The number of piperazine rings is 1. The van der Waals surface area contributed by atoms with Crippen molar-refractivity contribution in [1.29, 1.82) is 0 Å². The van der Waals surface area contributed by atoms with Gasteiger partial charge in [0.25, 0.3) is 0 Å². The summed E-state index contributed by atoms with van der Waals surface area (Å²) in [5, 5.41) is 0. The first kappa shape index (κ1) is 12.9. The molecule has 1 aliphatic heterocycles. The molecule has 0 aromatic rings. The van der Waals surface area contributed by atoms with E-state index >= 15 is 0 Å². The molecule has 2 N–H and O–H groups in total. The molecule has 1 rings (SSSR count). The summed E-state index contributed by atoms with van der Waals surface area (Å²) in [4.78, 5) is 5.14. The fourth-order valence-electron chi connectivity index (χ4n) is 2.50. The van der Waals surface area contributed by atoms with Crippen LogP contribution in [0.15, 0.2) is 0 Å². The van der Waals surface area contributed by atoms with Crippen LogP contribution < -0.4 is 5.73 Å². The Morgan fingerprint density at radius 1 is 1.27 bits per heavy atom. The van der Waals surface area contributed by atoms with Crippen LogP contribution in [0, 0.1) is 5.92 Å². The van der Waals surface area contributed by atoms with Crippen molar-refractivity contribution in [3.8, 4) is 0 Å². The summed E-state index contributed by atoms with van der Waals surface area (Å²) in [7, 11) is 0. The fraction of sp³-hybridized carbons (Fsp3) is 1.00. The summed E-state index contributed by atoms with van der Waals surface area (Å²) in [5.74, 6) is 0.628. The van der Waals surface area contributed by atoms with Crippen LogP contribution in [-0.4, -0.2) is 54.6 Å². The molecule has 0 aromatic carbocycles. The van der Waals surface area contributed by atoms with E-state index in [4.69, 9.17) is 5.73 Å². The zero-order valence-corrected chi connectivity index (χ0v) is 10.7. The van der Waals surface area contributed by atoms with Crippen molar-refractivity contribution in [3.63, 3.8) is 0 Å². The summed E-state index contributed by atoms with van der Waals surface area (Å²) < 4.78 is 0. The normalized spacial score (nSPS) is 27.2. The Bertz CT molecular complexity index is 182. The van der Waals surface area contributed by atoms with Crippen molar-refractivity contribution < 1.29 is 0 Å². The van der Waals surface area contributed by atoms with Gasteiger partial charge in [-0.25, -0.2) is 0 Å². The first-order valence-electron chi connectivity index (χ1n) is 6.22. The predicted molar refractivity (Wildman–Crippen MR) is 66.0 cm³/mol. The quantitative estimate of drug-likeness (QED) is 0.756. The molecule has 0 aliphatic carbocycles. The molecule has 2 atom stereocenters. The molecule has 0 bridgehead atoms. The van der Waals surface area contributed by atoms with Crippen molar-refractivity contribution in [2.24, 2.45) is 11.7 Å². The van der Waals surface area contributed by atoms with Crippen LogP contribution in [0.4, 0.5) is 0 Å². The van der Waals surface area contributed by atoms with E-state index in [2.05, 4.69) is 37.5 Å². The van der Waals surface area contributed by atoms with E-state index in [1.165, 1.54) is 19.6 Å². The van der Waals surface area contributed by atoms with E-state index in [0.29, 0.717) is 18.0 Å². The van der Waals surface area contributed by atoms with Gasteiger partial charge in [-0.05, 0) is 33.2 Å². The van der Waals surface area contributed by atoms with Gasteiger partial charge in [-0.2, -0.15) is 0 Å². The Hall–Kier alpha value is -0.120. The average molecular weight is 213 g/mol. The Kier molecular flexibility index (Phi) is 5.03. The third-order valence-electron chi connectivity index (χ3n) is 3.40. The van der Waals surface area contributed by atoms with Crippen molar-refractivity contribution >= 4 is 0 Å². The van der Waals surface area contributed by atoms with E-state index in [9.17, 15) is 0 Å². The van der Waals surface area contributed by atoms with Crippen molar-refractivity contribution in [3.05, 3.63) is 0 Å². The lowest BCUT2D eigenvalue weighted by atomic mass is 10.1. The zero-order valence-electron chi connectivity index (χ0n) is 10.7. The highest BCUT2D eigenvalue weighted by Crippen LogP contribution is 2.13. The molecule has 3 heteroatoms. The number of hydrogen-bond donors (Lipinski definition) is 1. The van der Waals surface area contributed by atoms with Gasteiger partial charge in [-0.15, -0.1) is 0 Å². The van der Waals surface area contributed by atoms with E-state index in [-0.39, 0.29) is 0 Å². The highest BCUT2D eigenvalue weighted by atomic mass is 15.3. The molecular formula is C12H27N3. The summed E-state index contributed by atoms with van der Waals surface area (Å²) in [6.45, 7) is 14.7. The van der Waals surface area contributed by atoms with Gasteiger partial charge in [0, 0.05) is 38.3 Å². The summed E-state index contributed by atoms with van der Waals surface area (Å²) >= 11 is 0. The van der Waals surface area contributed by atoms with Gasteiger partial charge in [0.15, 0.2) is 0 Å². The van der Waals surface area contributed by atoms with Gasteiger partial charge < -0.3 is 10.6 Å². The molecule has 3 nitrogen and oxygen atoms in total. The Morgan fingerprint density at radius 3 is 2.40 bits per heavy atom. The molecule has 90 valence electrons. The summed E-state index contributed by atoms with van der Waals surface area (Å²) in [6.07, 6.45) is 0. The molecule has 1 saturated heterocycles. The molecule has 0 saturated carbocycles. The largest absolute Gasteiger partial charge is 0.330 e. The first-order valence-corrected chi connectivity index (χ1v) is 6.22. The minimum absolute atomic E-state index is 0.628. The number of rotatable bonds is 4. The lowest BCUT2D eigenvalue weighted by molar-refractivity contribution is 0.0539. The van der Waals surface area contributed by atoms with Gasteiger partial charge in [0.1, 0.15) is 0 Å². The van der Waals surface area contributed by atoms with E-state index in [1.807, 2.05) is 0 Å². The van der Waals surface area contributed by atoms with Gasteiger partial charge in [0.2, 0.25) is 0 Å². The maximum Gasteiger partial charge on any atom is 0.0198 e. The minimum atomic E-state index is 0.628. The van der Waals surface area contributed by atoms with Gasteiger partial charge in [-0.3, -0.25) is 4.90 Å². The smallest absolute Gasteiger partial charge is 0.0198 e. The average Bonchev–Trinajstić information content (AvgIpc) is 2.17. The van der Waals surface area contributed by atoms with Crippen molar-refractivity contribution in [2.45, 2.75) is 39.8 Å². The third-order valence-corrected chi connectivity index (χ3v) is 3.40. The monoisotopic (exact) mass is 213 g/mol. The molecule has 0 spiro atoms. The van der Waals surface area contributed by atoms with Gasteiger partial charge >= 0.3 is 0 Å². The zero-order chi connectivity index (χ0) is 11.4. The SMILES string of the molecule is CC(CN)CN1CCN(C(C)C)C(C)C1. The topological polar surface area (TPSA) is 32.5 Å². The molecular weight excluding hydrogens is 186 g/mol. The standard InChI is InChI=1S/C12H27N3/c1-10(2)15-6-5-14(9-12(15)4)8-11(3)7-13/h10-12H,5-9,13H2,1-4H3. The minimum Gasteiger partial charge on any atom is -0.330 e. The molecule has 0 amide bonds. The first-order chi connectivity index (χ1) is 7.04. The van der Waals surface area contributed by atoms with Crippen LogP contribution >= 0.6 is 0 Å². The van der Waals surface area contributed by atoms with Crippen LogP contribution in [0.3, 0.4) is 0 Å². The highest BCUT2D eigenvalue weighted by molar-refractivity contribution is 4.81. The molecule has 1 heterocycles. The lowest BCUT2D eigenvalue weighted by Gasteiger charge is -2.42. The molecule has 15 heavy (non-hydrogen) atoms. The summed E-state index contributed by atoms with van der Waals surface area (Å²) in [6, 6.07) is 1.36. The predicted octanol–water partition coefficient (Wildman–Crippen LogP) is 0.996. The van der Waals surface area contributed by atoms with E-state index in [1.54, 1.807) is 0 Å². The Labute approximate surface area is 94.6 Å². The second kappa shape index (κ2) is 5.83. The fourth-order valence-corrected chi connectivity index (χ4v) is 2.50. The Morgan fingerprint density at radius 2 is 1.93 bits per heavy atom. The molecule has 2 unspecified atom stereocenters. The number of nitrogens with two attached hydrogens (primary N) is 1. The van der Waals surface area contributed by atoms with Gasteiger partial charge in [-0.1, -0.05) is 6.92 Å². The molecule has 0 aromatic heterocycles. The Balaban J connectivity index is 2.37. The van der Waals surface area contributed by atoms with Crippen molar-refractivity contribution in [1.82, 2.24) is 9.80 Å². The molecule has 1 aliphatic rings. The van der Waals surface area contributed by atoms with Crippen LogP contribution in [0.5, 0.6) is 0 Å². The summed E-state index contributed by atoms with van der Waals surface area (Å²) in [5.41, 5.74) is 5.66. The maximum atomic E-state index is 5.66. The maximum absolute atomic E-state index is 5.66. The van der Waals surface area contributed by atoms with E-state index < -0.39 is 0 Å². The van der Waals surface area contributed by atoms with Crippen LogP contribution in [0.1, 0.15) is 27.7 Å². The highest BCUT2D eigenvalue weighted by Gasteiger charge is 2.25. The van der Waals surface area contributed by atoms with Crippen molar-refractivity contribution in [2.75, 3.05) is 32.7 Å². The molecule has 1 fully saturated rings. The number of hydrogen-bond acceptors (Lipinski definition) is 3. The molecule has 0 radical (unpaired) electrons. The van der Waals surface area contributed by atoms with Gasteiger partial charge in [0.05, 0.1) is 0 Å². The third kappa shape index (κ3) is 3.74. The van der Waals surface area contributed by atoms with Crippen LogP contribution in [0.25, 0.3) is 0 Å². The van der Waals surface area contributed by atoms with Crippen LogP contribution in [-0.2, 0) is 0 Å². The van der Waals surface area contributed by atoms with E-state index in [0.717, 1.165) is 13.1 Å².